The molecule has 9 heteroatoms. The monoisotopic (exact) mass is 636 g/mol. The van der Waals surface area contributed by atoms with Gasteiger partial charge in [0, 0.05) is 22.6 Å². The first-order chi connectivity index (χ1) is 18.9. The smallest absolute Gasteiger partial charge is 0.435 e. The Balaban J connectivity index is 1.44. The zero-order chi connectivity index (χ0) is 27.4. The fraction of sp³-hybridized carbons (Fsp3) is 0.233. The number of benzene rings is 2. The van der Waals surface area contributed by atoms with Gasteiger partial charge in [0.25, 0.3) is 0 Å². The summed E-state index contributed by atoms with van der Waals surface area (Å²) in [6.07, 6.45) is 5.20. The minimum Gasteiger partial charge on any atom is -0.490 e. The summed E-state index contributed by atoms with van der Waals surface area (Å²) in [6, 6.07) is 19.6. The molecule has 3 aromatic heterocycles. The van der Waals surface area contributed by atoms with Crippen molar-refractivity contribution in [1.82, 2.24) is 14.8 Å². The summed E-state index contributed by atoms with van der Waals surface area (Å²) in [5, 5.41) is 5.27. The summed E-state index contributed by atoms with van der Waals surface area (Å²) < 4.78 is 18.8. The van der Waals surface area contributed by atoms with E-state index in [0.717, 1.165) is 27.8 Å². The topological polar surface area (TPSA) is 105 Å². The summed E-state index contributed by atoms with van der Waals surface area (Å²) in [5.41, 5.74) is 11.5. The lowest BCUT2D eigenvalue weighted by atomic mass is 9.99. The number of aromatic nitrogens is 3. The molecule has 0 saturated heterocycles. The first-order valence-electron chi connectivity index (χ1n) is 12.7. The summed E-state index contributed by atoms with van der Waals surface area (Å²) in [7, 11) is 0. The first kappa shape index (κ1) is 26.9. The molecule has 1 atom stereocenters. The number of carbonyl (C=O) groups excluding carboxylic acids is 1. The van der Waals surface area contributed by atoms with Crippen molar-refractivity contribution in [2.24, 2.45) is 11.7 Å². The number of hydrogen-bond donors (Lipinski definition) is 1. The SMILES string of the molecule is CC(C)COC(=O)n1nc(I)c2cc(-c3cc(OC[C@H](N)Cc4ccccc4)cnc3-c3ccoc3)ccc21. The highest BCUT2D eigenvalue weighted by Crippen LogP contribution is 2.35. The van der Waals surface area contributed by atoms with E-state index < -0.39 is 6.09 Å². The van der Waals surface area contributed by atoms with Gasteiger partial charge in [-0.25, -0.2) is 4.79 Å². The van der Waals surface area contributed by atoms with E-state index in [0.29, 0.717) is 34.6 Å². The summed E-state index contributed by atoms with van der Waals surface area (Å²) >= 11 is 2.14. The number of hydrogen-bond acceptors (Lipinski definition) is 7. The molecule has 0 bridgehead atoms. The molecule has 0 aliphatic rings. The van der Waals surface area contributed by atoms with Crippen LogP contribution in [-0.2, 0) is 11.2 Å². The largest absolute Gasteiger partial charge is 0.490 e. The quantitative estimate of drug-likeness (QED) is 0.183. The van der Waals surface area contributed by atoms with Crippen molar-refractivity contribution in [3.05, 3.63) is 88.7 Å². The van der Waals surface area contributed by atoms with Gasteiger partial charge < -0.3 is 19.6 Å². The molecule has 0 radical (unpaired) electrons. The Morgan fingerprint density at radius 2 is 1.90 bits per heavy atom. The fourth-order valence-electron chi connectivity index (χ4n) is 4.24. The number of halogens is 1. The van der Waals surface area contributed by atoms with Crippen LogP contribution in [0.1, 0.15) is 19.4 Å². The Labute approximate surface area is 240 Å². The number of nitrogens with zero attached hydrogens (tertiary/aromatic N) is 3. The predicted octanol–water partition coefficient (Wildman–Crippen LogP) is 6.55. The molecular formula is C30H29IN4O4. The minimum absolute atomic E-state index is 0.163. The molecule has 5 rings (SSSR count). The van der Waals surface area contributed by atoms with Crippen molar-refractivity contribution in [3.63, 3.8) is 0 Å². The van der Waals surface area contributed by atoms with Gasteiger partial charge in [-0.3, -0.25) is 4.98 Å². The average Bonchev–Trinajstić information content (AvgIpc) is 3.59. The average molecular weight is 636 g/mol. The Morgan fingerprint density at radius 3 is 2.64 bits per heavy atom. The second-order valence-electron chi connectivity index (χ2n) is 9.75. The standard InChI is InChI=1S/C30H29IN4O4/c1-19(2)16-39-30(36)35-27-9-8-21(13-26(27)29(31)34-35)25-14-24(15-33-28(25)22-10-11-37-17-22)38-18-23(32)12-20-6-4-3-5-7-20/h3-11,13-15,17,19,23H,12,16,18,32H2,1-2H3/t23-/m1/s1. The highest BCUT2D eigenvalue weighted by Gasteiger charge is 2.19. The van der Waals surface area contributed by atoms with Crippen LogP contribution in [0.2, 0.25) is 0 Å². The maximum Gasteiger partial charge on any atom is 0.435 e. The number of furan rings is 1. The van der Waals surface area contributed by atoms with Gasteiger partial charge in [-0.05, 0) is 70.3 Å². The van der Waals surface area contributed by atoms with Gasteiger partial charge in [0.15, 0.2) is 0 Å². The molecule has 2 aromatic carbocycles. The zero-order valence-corrected chi connectivity index (χ0v) is 23.9. The second-order valence-corrected chi connectivity index (χ2v) is 10.8. The van der Waals surface area contributed by atoms with Crippen LogP contribution in [-0.4, -0.2) is 40.1 Å². The van der Waals surface area contributed by atoms with Crippen molar-refractivity contribution in [2.45, 2.75) is 26.3 Å². The third-order valence-electron chi connectivity index (χ3n) is 6.12. The molecule has 200 valence electrons. The van der Waals surface area contributed by atoms with Gasteiger partial charge in [0.2, 0.25) is 0 Å². The third kappa shape index (κ3) is 6.31. The van der Waals surface area contributed by atoms with Gasteiger partial charge in [0.1, 0.15) is 16.1 Å². The van der Waals surface area contributed by atoms with Crippen LogP contribution in [0.25, 0.3) is 33.3 Å². The van der Waals surface area contributed by atoms with Crippen LogP contribution in [0.3, 0.4) is 0 Å². The summed E-state index contributed by atoms with van der Waals surface area (Å²) in [5.74, 6) is 0.848. The molecule has 2 N–H and O–H groups in total. The minimum atomic E-state index is -0.493. The van der Waals surface area contributed by atoms with E-state index in [-0.39, 0.29) is 12.0 Å². The predicted molar refractivity (Wildman–Crippen MR) is 159 cm³/mol. The zero-order valence-electron chi connectivity index (χ0n) is 21.7. The Hall–Kier alpha value is -3.70. The number of ether oxygens (including phenoxy) is 2. The van der Waals surface area contributed by atoms with E-state index >= 15 is 0 Å². The molecule has 0 unspecified atom stereocenters. The number of nitrogens with two attached hydrogens (primary N) is 1. The Bertz CT molecular complexity index is 1570. The van der Waals surface area contributed by atoms with Crippen LogP contribution >= 0.6 is 22.6 Å². The molecule has 0 saturated carbocycles. The molecule has 5 aromatic rings. The second kappa shape index (κ2) is 12.0. The van der Waals surface area contributed by atoms with Crippen molar-refractivity contribution < 1.29 is 18.7 Å². The molecule has 0 aliphatic carbocycles. The molecular weight excluding hydrogens is 607 g/mol. The van der Waals surface area contributed by atoms with Gasteiger partial charge in [-0.15, -0.1) is 0 Å². The van der Waals surface area contributed by atoms with Gasteiger partial charge >= 0.3 is 6.09 Å². The van der Waals surface area contributed by atoms with E-state index in [1.807, 2.05) is 62.4 Å². The maximum absolute atomic E-state index is 12.7. The lowest BCUT2D eigenvalue weighted by molar-refractivity contribution is 0.132. The van der Waals surface area contributed by atoms with Crippen LogP contribution < -0.4 is 10.5 Å². The Kier molecular flexibility index (Phi) is 8.27. The summed E-state index contributed by atoms with van der Waals surface area (Å²) in [4.78, 5) is 17.4. The van der Waals surface area contributed by atoms with Crippen LogP contribution in [0.15, 0.2) is 83.8 Å². The van der Waals surface area contributed by atoms with Crippen molar-refractivity contribution in [2.75, 3.05) is 13.2 Å². The van der Waals surface area contributed by atoms with E-state index in [9.17, 15) is 4.79 Å². The maximum atomic E-state index is 12.7. The van der Waals surface area contributed by atoms with E-state index in [1.165, 1.54) is 10.2 Å². The van der Waals surface area contributed by atoms with Gasteiger partial charge in [0.05, 0.1) is 36.5 Å². The third-order valence-corrected chi connectivity index (χ3v) is 6.92. The molecule has 0 fully saturated rings. The van der Waals surface area contributed by atoms with Crippen molar-refractivity contribution in [3.8, 4) is 28.1 Å². The number of carbonyl (C=O) groups is 1. The highest BCUT2D eigenvalue weighted by molar-refractivity contribution is 14.1. The Morgan fingerprint density at radius 1 is 1.08 bits per heavy atom. The molecule has 39 heavy (non-hydrogen) atoms. The van der Waals surface area contributed by atoms with E-state index in [2.05, 4.69) is 39.8 Å². The molecule has 0 amide bonds. The number of fused-ring (bicyclic) bond motifs is 1. The van der Waals surface area contributed by atoms with Crippen LogP contribution in [0.5, 0.6) is 5.75 Å². The first-order valence-corrected chi connectivity index (χ1v) is 13.8. The fourth-order valence-corrected chi connectivity index (χ4v) is 4.89. The number of pyridine rings is 1. The van der Waals surface area contributed by atoms with Crippen molar-refractivity contribution in [1.29, 1.82) is 0 Å². The molecule has 0 aliphatic heterocycles. The lowest BCUT2D eigenvalue weighted by Crippen LogP contribution is -2.30. The van der Waals surface area contributed by atoms with Gasteiger partial charge in [-0.1, -0.05) is 50.2 Å². The normalized spacial score (nSPS) is 12.1. The number of rotatable bonds is 9. The van der Waals surface area contributed by atoms with E-state index in [4.69, 9.17) is 24.6 Å². The molecule has 8 nitrogen and oxygen atoms in total. The van der Waals surface area contributed by atoms with Crippen molar-refractivity contribution >= 4 is 39.6 Å². The van der Waals surface area contributed by atoms with Gasteiger partial charge in [-0.2, -0.15) is 9.78 Å². The van der Waals surface area contributed by atoms with Crippen LogP contribution in [0, 0.1) is 9.62 Å². The lowest BCUT2D eigenvalue weighted by Gasteiger charge is -2.15. The van der Waals surface area contributed by atoms with E-state index in [1.54, 1.807) is 18.7 Å². The summed E-state index contributed by atoms with van der Waals surface area (Å²) in [6.45, 7) is 4.66. The highest BCUT2D eigenvalue weighted by atomic mass is 127. The van der Waals surface area contributed by atoms with Crippen LogP contribution in [0.4, 0.5) is 4.79 Å². The molecule has 0 spiro atoms. The molecule has 3 heterocycles.